The number of sulfone groups is 1. The zero-order chi connectivity index (χ0) is 20.3. The van der Waals surface area contributed by atoms with E-state index in [2.05, 4.69) is 10.3 Å². The van der Waals surface area contributed by atoms with Gasteiger partial charge in [0.25, 0.3) is 0 Å². The Labute approximate surface area is 158 Å². The number of aromatic hydroxyl groups is 1. The number of benzene rings is 2. The van der Waals surface area contributed by atoms with Crippen molar-refractivity contribution in [2.24, 2.45) is 0 Å². The first-order valence-corrected chi connectivity index (χ1v) is 9.59. The highest BCUT2D eigenvalue weighted by Crippen LogP contribution is 2.39. The number of phenolic OH excluding ortho intramolecular Hbond substituents is 1. The summed E-state index contributed by atoms with van der Waals surface area (Å²) in [6, 6.07) is 7.67. The SMILES string of the molecule is CC1=Cc2cc3nccc(Nc4ccc(O)c(C(F)(F)F)c4)c3cc2S1(=O)=O. The summed E-state index contributed by atoms with van der Waals surface area (Å²) in [5.74, 6) is -0.872. The number of alkyl halides is 3. The van der Waals surface area contributed by atoms with Gasteiger partial charge in [0, 0.05) is 27.9 Å². The summed E-state index contributed by atoms with van der Waals surface area (Å²) in [5.41, 5.74) is 0.346. The van der Waals surface area contributed by atoms with E-state index in [1.807, 2.05) is 0 Å². The lowest BCUT2D eigenvalue weighted by atomic mass is 10.1. The zero-order valence-corrected chi connectivity index (χ0v) is 15.2. The van der Waals surface area contributed by atoms with Crippen LogP contribution in [-0.2, 0) is 16.0 Å². The number of allylic oxidation sites excluding steroid dienone is 1. The van der Waals surface area contributed by atoms with E-state index >= 15 is 0 Å². The minimum atomic E-state index is -4.71. The molecule has 3 aromatic rings. The Morgan fingerprint density at radius 3 is 2.57 bits per heavy atom. The monoisotopic (exact) mass is 406 g/mol. The van der Waals surface area contributed by atoms with E-state index in [-0.39, 0.29) is 15.5 Å². The second-order valence-electron chi connectivity index (χ2n) is 6.38. The average molecular weight is 406 g/mol. The van der Waals surface area contributed by atoms with Crippen LogP contribution in [-0.4, -0.2) is 18.5 Å². The molecule has 0 unspecified atom stereocenters. The van der Waals surface area contributed by atoms with Crippen molar-refractivity contribution < 1.29 is 26.7 Å². The van der Waals surface area contributed by atoms with Crippen molar-refractivity contribution >= 4 is 38.2 Å². The van der Waals surface area contributed by atoms with Crippen LogP contribution in [0, 0.1) is 0 Å². The van der Waals surface area contributed by atoms with Gasteiger partial charge in [0.05, 0.1) is 16.0 Å². The predicted molar refractivity (Wildman–Crippen MR) is 99.0 cm³/mol. The highest BCUT2D eigenvalue weighted by molar-refractivity contribution is 7.95. The van der Waals surface area contributed by atoms with E-state index in [1.54, 1.807) is 12.1 Å². The van der Waals surface area contributed by atoms with Gasteiger partial charge in [0.2, 0.25) is 9.84 Å². The predicted octanol–water partition coefficient (Wildman–Crippen LogP) is 4.85. The van der Waals surface area contributed by atoms with Crippen LogP contribution in [0.1, 0.15) is 18.1 Å². The van der Waals surface area contributed by atoms with Gasteiger partial charge in [0.15, 0.2) is 0 Å². The molecule has 2 N–H and O–H groups in total. The topological polar surface area (TPSA) is 79.3 Å². The summed E-state index contributed by atoms with van der Waals surface area (Å²) in [5, 5.41) is 12.8. The quantitative estimate of drug-likeness (QED) is 0.595. The lowest BCUT2D eigenvalue weighted by Gasteiger charge is -2.14. The maximum atomic E-state index is 13.0. The molecule has 0 saturated heterocycles. The number of pyridine rings is 1. The summed E-state index contributed by atoms with van der Waals surface area (Å²) in [6.07, 6.45) is -1.68. The number of halogens is 3. The van der Waals surface area contributed by atoms with Gasteiger partial charge in [0.1, 0.15) is 5.75 Å². The number of aromatic nitrogens is 1. The van der Waals surface area contributed by atoms with Crippen LogP contribution in [0.4, 0.5) is 24.5 Å². The van der Waals surface area contributed by atoms with Crippen LogP contribution < -0.4 is 5.32 Å². The molecule has 1 aromatic heterocycles. The molecule has 0 fully saturated rings. The fraction of sp³-hybridized carbons (Fsp3) is 0.105. The van der Waals surface area contributed by atoms with Gasteiger partial charge in [-0.25, -0.2) is 8.42 Å². The molecule has 2 aromatic carbocycles. The Bertz CT molecular complexity index is 1270. The molecule has 5 nitrogen and oxygen atoms in total. The lowest BCUT2D eigenvalue weighted by molar-refractivity contribution is -0.138. The van der Waals surface area contributed by atoms with Crippen molar-refractivity contribution in [1.82, 2.24) is 4.98 Å². The molecule has 0 saturated carbocycles. The summed E-state index contributed by atoms with van der Waals surface area (Å²) in [4.78, 5) is 4.58. The normalized spacial score (nSPS) is 15.4. The molecule has 0 atom stereocenters. The molecule has 2 heterocycles. The lowest BCUT2D eigenvalue weighted by Crippen LogP contribution is -2.06. The van der Waals surface area contributed by atoms with Crippen LogP contribution in [0.5, 0.6) is 5.75 Å². The molecule has 0 bridgehead atoms. The first-order valence-electron chi connectivity index (χ1n) is 8.11. The van der Waals surface area contributed by atoms with E-state index in [4.69, 9.17) is 0 Å². The van der Waals surface area contributed by atoms with Gasteiger partial charge in [-0.15, -0.1) is 0 Å². The zero-order valence-electron chi connectivity index (χ0n) is 14.4. The minimum Gasteiger partial charge on any atom is -0.507 e. The maximum absolute atomic E-state index is 13.0. The Kier molecular flexibility index (Phi) is 3.90. The third kappa shape index (κ3) is 2.88. The van der Waals surface area contributed by atoms with Crippen molar-refractivity contribution in [3.05, 3.63) is 58.6 Å². The Balaban J connectivity index is 1.83. The fourth-order valence-electron chi connectivity index (χ4n) is 3.11. The van der Waals surface area contributed by atoms with Crippen molar-refractivity contribution in [3.8, 4) is 5.75 Å². The molecule has 1 aliphatic rings. The number of nitrogens with one attached hydrogen (secondary N) is 1. The second kappa shape index (κ2) is 5.96. The number of rotatable bonds is 2. The van der Waals surface area contributed by atoms with E-state index in [0.29, 0.717) is 22.2 Å². The number of hydrogen-bond donors (Lipinski definition) is 2. The van der Waals surface area contributed by atoms with Crippen molar-refractivity contribution in [3.63, 3.8) is 0 Å². The standard InChI is InChI=1S/C19H13F3N2O3S/c1-10-6-11-7-16-13(9-18(11)28(10,26)27)15(4-5-23-16)24-12-2-3-17(25)14(8-12)19(20,21)22/h2-9,25H,1H3,(H,23,24). The van der Waals surface area contributed by atoms with Gasteiger partial charge in [-0.3, -0.25) is 4.98 Å². The smallest absolute Gasteiger partial charge is 0.420 e. The Hall–Kier alpha value is -3.07. The van der Waals surface area contributed by atoms with Gasteiger partial charge in [-0.05, 0) is 55.0 Å². The largest absolute Gasteiger partial charge is 0.507 e. The van der Waals surface area contributed by atoms with Crippen molar-refractivity contribution in [1.29, 1.82) is 0 Å². The van der Waals surface area contributed by atoms with E-state index in [1.165, 1.54) is 31.3 Å². The molecule has 0 spiro atoms. The molecule has 0 aliphatic carbocycles. The molecule has 144 valence electrons. The van der Waals surface area contributed by atoms with E-state index in [0.717, 1.165) is 12.1 Å². The summed E-state index contributed by atoms with van der Waals surface area (Å²) in [6.45, 7) is 1.50. The van der Waals surface area contributed by atoms with Gasteiger partial charge >= 0.3 is 6.18 Å². The number of fused-ring (bicyclic) bond motifs is 2. The number of nitrogens with zero attached hydrogens (tertiary/aromatic N) is 1. The molecular weight excluding hydrogens is 393 g/mol. The fourth-order valence-corrected chi connectivity index (χ4v) is 4.44. The molecular formula is C19H13F3N2O3S. The maximum Gasteiger partial charge on any atom is 0.420 e. The molecule has 1 aliphatic heterocycles. The molecule has 4 rings (SSSR count). The number of phenols is 1. The van der Waals surface area contributed by atoms with Crippen LogP contribution in [0.2, 0.25) is 0 Å². The van der Waals surface area contributed by atoms with Crippen LogP contribution in [0.3, 0.4) is 0 Å². The van der Waals surface area contributed by atoms with Crippen LogP contribution >= 0.6 is 0 Å². The van der Waals surface area contributed by atoms with Gasteiger partial charge < -0.3 is 10.4 Å². The van der Waals surface area contributed by atoms with Crippen molar-refractivity contribution in [2.45, 2.75) is 18.0 Å². The van der Waals surface area contributed by atoms with Gasteiger partial charge in [-0.2, -0.15) is 13.2 Å². The molecule has 28 heavy (non-hydrogen) atoms. The highest BCUT2D eigenvalue weighted by atomic mass is 32.2. The third-order valence-electron chi connectivity index (χ3n) is 4.53. The number of hydrogen-bond acceptors (Lipinski definition) is 5. The average Bonchev–Trinajstić information content (AvgIpc) is 2.83. The highest BCUT2D eigenvalue weighted by Gasteiger charge is 2.34. The minimum absolute atomic E-state index is 0.0929. The molecule has 9 heteroatoms. The van der Waals surface area contributed by atoms with Crippen molar-refractivity contribution in [2.75, 3.05) is 5.32 Å². The third-order valence-corrected chi connectivity index (χ3v) is 6.42. The first-order chi connectivity index (χ1) is 13.1. The number of anilines is 2. The second-order valence-corrected chi connectivity index (χ2v) is 8.47. The van der Waals surface area contributed by atoms with Crippen LogP contribution in [0.25, 0.3) is 17.0 Å². The first kappa shape index (κ1) is 18.3. The van der Waals surface area contributed by atoms with Crippen LogP contribution in [0.15, 0.2) is 52.4 Å². The summed E-state index contributed by atoms with van der Waals surface area (Å²) in [7, 11) is -3.57. The molecule has 0 radical (unpaired) electrons. The summed E-state index contributed by atoms with van der Waals surface area (Å²) >= 11 is 0. The van der Waals surface area contributed by atoms with E-state index in [9.17, 15) is 26.7 Å². The summed E-state index contributed by atoms with van der Waals surface area (Å²) < 4.78 is 63.9. The van der Waals surface area contributed by atoms with Gasteiger partial charge in [-0.1, -0.05) is 0 Å². The molecule has 0 amide bonds. The Morgan fingerprint density at radius 2 is 1.86 bits per heavy atom. The Morgan fingerprint density at radius 1 is 1.11 bits per heavy atom. The van der Waals surface area contributed by atoms with E-state index < -0.39 is 27.3 Å².